The predicted octanol–water partition coefficient (Wildman–Crippen LogP) is 2.24. The number of rotatable bonds is 4. The number of hydrogen-bond acceptors (Lipinski definition) is 4. The summed E-state index contributed by atoms with van der Waals surface area (Å²) in [5.74, 6) is -0.0726. The highest BCUT2D eigenvalue weighted by atomic mass is 16.2. The van der Waals surface area contributed by atoms with Crippen LogP contribution in [0.5, 0.6) is 0 Å². The largest absolute Gasteiger partial charge is 0.367 e. The molecule has 0 aliphatic carbocycles. The summed E-state index contributed by atoms with van der Waals surface area (Å²) >= 11 is 0. The fraction of sp³-hybridized carbons (Fsp3) is 0.350. The molecule has 0 spiro atoms. The van der Waals surface area contributed by atoms with Gasteiger partial charge >= 0.3 is 0 Å². The van der Waals surface area contributed by atoms with Gasteiger partial charge in [0, 0.05) is 33.1 Å². The summed E-state index contributed by atoms with van der Waals surface area (Å²) in [5.41, 5.74) is 2.43. The van der Waals surface area contributed by atoms with Gasteiger partial charge in [0.25, 0.3) is 5.91 Å². The lowest BCUT2D eigenvalue weighted by atomic mass is 10.1. The number of anilines is 1. The first-order valence-corrected chi connectivity index (χ1v) is 8.87. The SMILES string of the molecule is CC(=O)N1CCN(c2ccc(C(=O)NC(C)c3ccccc3)nc2)CC1. The maximum atomic E-state index is 12.4. The quantitative estimate of drug-likeness (QED) is 0.916. The summed E-state index contributed by atoms with van der Waals surface area (Å²) in [6.07, 6.45) is 1.73. The number of benzene rings is 1. The lowest BCUT2D eigenvalue weighted by Crippen LogP contribution is -2.48. The van der Waals surface area contributed by atoms with Crippen molar-refractivity contribution >= 4 is 17.5 Å². The normalized spacial score (nSPS) is 15.5. The molecule has 0 saturated carbocycles. The van der Waals surface area contributed by atoms with Gasteiger partial charge in [-0.15, -0.1) is 0 Å². The molecule has 3 rings (SSSR count). The standard InChI is InChI=1S/C20H24N4O2/c1-15(17-6-4-3-5-7-17)22-20(26)19-9-8-18(14-21-19)24-12-10-23(11-13-24)16(2)25/h3-9,14-15H,10-13H2,1-2H3,(H,22,26). The lowest BCUT2D eigenvalue weighted by Gasteiger charge is -2.35. The molecular formula is C20H24N4O2. The summed E-state index contributed by atoms with van der Waals surface area (Å²) in [6.45, 7) is 6.53. The molecule has 1 fully saturated rings. The number of piperazine rings is 1. The number of hydrogen-bond donors (Lipinski definition) is 1. The number of pyridine rings is 1. The molecule has 2 heterocycles. The maximum absolute atomic E-state index is 12.4. The van der Waals surface area contributed by atoms with Crippen LogP contribution < -0.4 is 10.2 Å². The molecular weight excluding hydrogens is 328 g/mol. The first-order chi connectivity index (χ1) is 12.5. The summed E-state index contributed by atoms with van der Waals surface area (Å²) in [7, 11) is 0. The third-order valence-electron chi connectivity index (χ3n) is 4.72. The Morgan fingerprint density at radius 1 is 1.04 bits per heavy atom. The van der Waals surface area contributed by atoms with Gasteiger partial charge in [-0.3, -0.25) is 9.59 Å². The van der Waals surface area contributed by atoms with E-state index < -0.39 is 0 Å². The Kier molecular flexibility index (Phi) is 5.51. The van der Waals surface area contributed by atoms with E-state index in [4.69, 9.17) is 0 Å². The van der Waals surface area contributed by atoms with E-state index in [0.29, 0.717) is 18.8 Å². The van der Waals surface area contributed by atoms with E-state index in [1.165, 1.54) is 0 Å². The van der Waals surface area contributed by atoms with Crippen LogP contribution in [0, 0.1) is 0 Å². The molecule has 2 amide bonds. The van der Waals surface area contributed by atoms with Crippen LogP contribution in [-0.2, 0) is 4.79 Å². The molecule has 1 unspecified atom stereocenters. The van der Waals surface area contributed by atoms with E-state index in [2.05, 4.69) is 15.2 Å². The van der Waals surface area contributed by atoms with E-state index in [1.807, 2.05) is 48.2 Å². The van der Waals surface area contributed by atoms with Crippen LogP contribution in [-0.4, -0.2) is 47.9 Å². The zero-order chi connectivity index (χ0) is 18.5. The van der Waals surface area contributed by atoms with E-state index in [0.717, 1.165) is 24.3 Å². The minimum Gasteiger partial charge on any atom is -0.367 e. The average Bonchev–Trinajstić information content (AvgIpc) is 2.69. The molecule has 1 aromatic carbocycles. The lowest BCUT2D eigenvalue weighted by molar-refractivity contribution is -0.129. The number of nitrogens with zero attached hydrogens (tertiary/aromatic N) is 3. The topological polar surface area (TPSA) is 65.5 Å². The van der Waals surface area contributed by atoms with E-state index >= 15 is 0 Å². The first kappa shape index (κ1) is 17.9. The fourth-order valence-electron chi connectivity index (χ4n) is 3.08. The van der Waals surface area contributed by atoms with Crippen LogP contribution in [0.1, 0.15) is 35.9 Å². The highest BCUT2D eigenvalue weighted by molar-refractivity contribution is 5.92. The van der Waals surface area contributed by atoms with Crippen LogP contribution in [0.2, 0.25) is 0 Å². The van der Waals surface area contributed by atoms with Gasteiger partial charge in [0.2, 0.25) is 5.91 Å². The van der Waals surface area contributed by atoms with Crippen LogP contribution in [0.4, 0.5) is 5.69 Å². The van der Waals surface area contributed by atoms with Gasteiger partial charge in [-0.2, -0.15) is 0 Å². The summed E-state index contributed by atoms with van der Waals surface area (Å²) in [6, 6.07) is 13.4. The molecule has 1 aliphatic heterocycles. The van der Waals surface area contributed by atoms with E-state index in [1.54, 1.807) is 19.2 Å². The number of carbonyl (C=O) groups excluding carboxylic acids is 2. The van der Waals surface area contributed by atoms with Gasteiger partial charge in [0.05, 0.1) is 17.9 Å². The molecule has 26 heavy (non-hydrogen) atoms. The van der Waals surface area contributed by atoms with Crippen molar-refractivity contribution in [2.24, 2.45) is 0 Å². The molecule has 0 bridgehead atoms. The molecule has 1 saturated heterocycles. The zero-order valence-corrected chi connectivity index (χ0v) is 15.2. The maximum Gasteiger partial charge on any atom is 0.270 e. The second kappa shape index (κ2) is 7.99. The molecule has 6 heteroatoms. The van der Waals surface area contributed by atoms with Crippen LogP contribution >= 0.6 is 0 Å². The second-order valence-corrected chi connectivity index (χ2v) is 6.50. The third kappa shape index (κ3) is 4.20. The molecule has 1 aliphatic rings. The Hall–Kier alpha value is -2.89. The number of amides is 2. The van der Waals surface area contributed by atoms with Gasteiger partial charge in [-0.05, 0) is 24.6 Å². The second-order valence-electron chi connectivity index (χ2n) is 6.50. The van der Waals surface area contributed by atoms with Crippen molar-refractivity contribution in [2.45, 2.75) is 19.9 Å². The zero-order valence-electron chi connectivity index (χ0n) is 15.2. The molecule has 1 atom stereocenters. The molecule has 0 radical (unpaired) electrons. The van der Waals surface area contributed by atoms with Gasteiger partial charge in [0.1, 0.15) is 5.69 Å². The van der Waals surface area contributed by atoms with Gasteiger partial charge in [-0.25, -0.2) is 4.98 Å². The minimum absolute atomic E-state index is 0.0789. The highest BCUT2D eigenvalue weighted by Crippen LogP contribution is 2.17. The Morgan fingerprint density at radius 3 is 2.31 bits per heavy atom. The van der Waals surface area contributed by atoms with E-state index in [-0.39, 0.29) is 17.9 Å². The van der Waals surface area contributed by atoms with Crippen molar-refractivity contribution in [3.8, 4) is 0 Å². The van der Waals surface area contributed by atoms with Crippen molar-refractivity contribution in [3.63, 3.8) is 0 Å². The number of aromatic nitrogens is 1. The molecule has 1 aromatic heterocycles. The highest BCUT2D eigenvalue weighted by Gasteiger charge is 2.19. The van der Waals surface area contributed by atoms with Crippen LogP contribution in [0.25, 0.3) is 0 Å². The average molecular weight is 352 g/mol. The predicted molar refractivity (Wildman–Crippen MR) is 101 cm³/mol. The molecule has 2 aromatic rings. The Balaban J connectivity index is 1.59. The first-order valence-electron chi connectivity index (χ1n) is 8.87. The van der Waals surface area contributed by atoms with Crippen molar-refractivity contribution in [1.29, 1.82) is 0 Å². The van der Waals surface area contributed by atoms with Crippen LogP contribution in [0.3, 0.4) is 0 Å². The monoisotopic (exact) mass is 352 g/mol. The van der Waals surface area contributed by atoms with Crippen molar-refractivity contribution < 1.29 is 9.59 Å². The molecule has 1 N–H and O–H groups in total. The minimum atomic E-state index is -0.186. The summed E-state index contributed by atoms with van der Waals surface area (Å²) in [4.78, 5) is 32.2. The van der Waals surface area contributed by atoms with Gasteiger partial charge in [0.15, 0.2) is 0 Å². The molecule has 136 valence electrons. The fourth-order valence-corrected chi connectivity index (χ4v) is 3.08. The van der Waals surface area contributed by atoms with Gasteiger partial charge in [-0.1, -0.05) is 30.3 Å². The van der Waals surface area contributed by atoms with Crippen molar-refractivity contribution in [2.75, 3.05) is 31.1 Å². The Bertz CT molecular complexity index is 753. The summed E-state index contributed by atoms with van der Waals surface area (Å²) < 4.78 is 0. The van der Waals surface area contributed by atoms with Crippen molar-refractivity contribution in [3.05, 3.63) is 59.9 Å². The van der Waals surface area contributed by atoms with E-state index in [9.17, 15) is 9.59 Å². The smallest absolute Gasteiger partial charge is 0.270 e. The van der Waals surface area contributed by atoms with Crippen LogP contribution in [0.15, 0.2) is 48.7 Å². The Labute approximate surface area is 153 Å². The summed E-state index contributed by atoms with van der Waals surface area (Å²) in [5, 5.41) is 2.97. The third-order valence-corrected chi connectivity index (χ3v) is 4.72. The van der Waals surface area contributed by atoms with Gasteiger partial charge < -0.3 is 15.1 Å². The number of nitrogens with one attached hydrogen (secondary N) is 1. The Morgan fingerprint density at radius 2 is 1.73 bits per heavy atom. The van der Waals surface area contributed by atoms with Crippen molar-refractivity contribution in [1.82, 2.24) is 15.2 Å². The molecule has 6 nitrogen and oxygen atoms in total. The number of carbonyl (C=O) groups is 2.